The number of carboxylic acids is 1. The Kier molecular flexibility index (Phi) is 2.13. The van der Waals surface area contributed by atoms with Gasteiger partial charge in [0.25, 0.3) is 0 Å². The molecule has 3 N–H and O–H groups in total. The standard InChI is InChI=1S/C10H8N2O3/c13-7-3-6(1-2-9(14)15)10-8(4-7)11-5-12-10/h1-5,13H,(H,11,12)(H,14,15)/b2-1+. The molecule has 0 aliphatic heterocycles. The van der Waals surface area contributed by atoms with Crippen molar-refractivity contribution < 1.29 is 15.0 Å². The zero-order valence-corrected chi connectivity index (χ0v) is 7.64. The van der Waals surface area contributed by atoms with Crippen molar-refractivity contribution in [3.8, 4) is 5.75 Å². The number of phenolic OH excluding ortho intramolecular Hbond substituents is 1. The van der Waals surface area contributed by atoms with Crippen LogP contribution in [0, 0.1) is 0 Å². The summed E-state index contributed by atoms with van der Waals surface area (Å²) in [4.78, 5) is 17.2. The number of aliphatic carboxylic acids is 1. The molecule has 0 bridgehead atoms. The molecule has 0 aliphatic carbocycles. The number of benzene rings is 1. The van der Waals surface area contributed by atoms with Gasteiger partial charge in [-0.1, -0.05) is 0 Å². The van der Waals surface area contributed by atoms with Crippen LogP contribution in [0.25, 0.3) is 17.1 Å². The number of fused-ring (bicyclic) bond motifs is 1. The van der Waals surface area contributed by atoms with Gasteiger partial charge in [0.1, 0.15) is 5.75 Å². The Morgan fingerprint density at radius 2 is 2.27 bits per heavy atom. The highest BCUT2D eigenvalue weighted by Gasteiger charge is 2.03. The zero-order valence-electron chi connectivity index (χ0n) is 7.64. The average molecular weight is 204 g/mol. The maximum Gasteiger partial charge on any atom is 0.328 e. The van der Waals surface area contributed by atoms with Gasteiger partial charge in [0.2, 0.25) is 0 Å². The maximum absolute atomic E-state index is 10.4. The van der Waals surface area contributed by atoms with Crippen LogP contribution in [0.1, 0.15) is 5.56 Å². The summed E-state index contributed by atoms with van der Waals surface area (Å²) in [6.07, 6.45) is 3.89. The quantitative estimate of drug-likeness (QED) is 0.645. The highest BCUT2D eigenvalue weighted by atomic mass is 16.4. The van der Waals surface area contributed by atoms with Crippen LogP contribution in [0.5, 0.6) is 5.75 Å². The molecule has 2 aromatic rings. The van der Waals surface area contributed by atoms with Gasteiger partial charge in [-0.15, -0.1) is 0 Å². The monoisotopic (exact) mass is 204 g/mol. The van der Waals surface area contributed by atoms with Gasteiger partial charge in [-0.3, -0.25) is 0 Å². The van der Waals surface area contributed by atoms with Crippen LogP contribution < -0.4 is 0 Å². The lowest BCUT2D eigenvalue weighted by atomic mass is 10.1. The molecule has 0 amide bonds. The van der Waals surface area contributed by atoms with E-state index in [-0.39, 0.29) is 5.75 Å². The average Bonchev–Trinajstić information content (AvgIpc) is 2.61. The van der Waals surface area contributed by atoms with Gasteiger partial charge in [0.05, 0.1) is 17.4 Å². The smallest absolute Gasteiger partial charge is 0.328 e. The van der Waals surface area contributed by atoms with Crippen molar-refractivity contribution in [2.75, 3.05) is 0 Å². The highest BCUT2D eigenvalue weighted by molar-refractivity contribution is 5.91. The Bertz CT molecular complexity index is 543. The van der Waals surface area contributed by atoms with E-state index in [1.165, 1.54) is 24.5 Å². The summed E-state index contributed by atoms with van der Waals surface area (Å²) < 4.78 is 0. The molecule has 0 fully saturated rings. The molecule has 2 rings (SSSR count). The van der Waals surface area contributed by atoms with E-state index in [9.17, 15) is 9.90 Å². The Hall–Kier alpha value is -2.30. The second-order valence-electron chi connectivity index (χ2n) is 3.01. The summed E-state index contributed by atoms with van der Waals surface area (Å²) in [5.41, 5.74) is 1.86. The fraction of sp³-hybridized carbons (Fsp3) is 0. The number of rotatable bonds is 2. The van der Waals surface area contributed by atoms with E-state index >= 15 is 0 Å². The minimum absolute atomic E-state index is 0.0665. The van der Waals surface area contributed by atoms with Crippen molar-refractivity contribution in [1.29, 1.82) is 0 Å². The Balaban J connectivity index is 2.58. The number of H-pyrrole nitrogens is 1. The largest absolute Gasteiger partial charge is 0.508 e. The van der Waals surface area contributed by atoms with Gasteiger partial charge < -0.3 is 15.2 Å². The van der Waals surface area contributed by atoms with E-state index in [4.69, 9.17) is 5.11 Å². The van der Waals surface area contributed by atoms with Crippen LogP contribution in [0.3, 0.4) is 0 Å². The van der Waals surface area contributed by atoms with Gasteiger partial charge in [0, 0.05) is 17.7 Å². The molecule has 1 aromatic heterocycles. The molecule has 5 nitrogen and oxygen atoms in total. The summed E-state index contributed by atoms with van der Waals surface area (Å²) in [6.45, 7) is 0. The van der Waals surface area contributed by atoms with E-state index < -0.39 is 5.97 Å². The number of aromatic hydroxyl groups is 1. The first kappa shape index (κ1) is 9.26. The minimum Gasteiger partial charge on any atom is -0.508 e. The molecule has 1 heterocycles. The molecule has 0 aliphatic rings. The van der Waals surface area contributed by atoms with Crippen LogP contribution in [-0.4, -0.2) is 26.2 Å². The van der Waals surface area contributed by atoms with Crippen molar-refractivity contribution in [3.63, 3.8) is 0 Å². The van der Waals surface area contributed by atoms with E-state index in [0.717, 1.165) is 6.08 Å². The molecule has 0 unspecified atom stereocenters. The van der Waals surface area contributed by atoms with Gasteiger partial charge in [-0.2, -0.15) is 0 Å². The fourth-order valence-electron chi connectivity index (χ4n) is 1.35. The number of phenols is 1. The normalized spacial score (nSPS) is 11.2. The summed E-state index contributed by atoms with van der Waals surface area (Å²) in [7, 11) is 0. The van der Waals surface area contributed by atoms with Crippen LogP contribution in [0.15, 0.2) is 24.5 Å². The number of aromatic amines is 1. The zero-order chi connectivity index (χ0) is 10.8. The highest BCUT2D eigenvalue weighted by Crippen LogP contribution is 2.22. The lowest BCUT2D eigenvalue weighted by molar-refractivity contribution is -0.131. The van der Waals surface area contributed by atoms with Crippen LogP contribution >= 0.6 is 0 Å². The number of nitrogens with zero attached hydrogens (tertiary/aromatic N) is 1. The number of hydrogen-bond acceptors (Lipinski definition) is 3. The lowest BCUT2D eigenvalue weighted by Crippen LogP contribution is -1.86. The second-order valence-corrected chi connectivity index (χ2v) is 3.01. The molecule has 0 radical (unpaired) electrons. The van der Waals surface area contributed by atoms with Crippen molar-refractivity contribution in [3.05, 3.63) is 30.1 Å². The molecule has 0 saturated heterocycles. The first-order chi connectivity index (χ1) is 7.16. The third kappa shape index (κ3) is 1.80. The predicted molar refractivity (Wildman–Crippen MR) is 54.4 cm³/mol. The summed E-state index contributed by atoms with van der Waals surface area (Å²) in [5.74, 6) is -0.973. The topological polar surface area (TPSA) is 86.2 Å². The summed E-state index contributed by atoms with van der Waals surface area (Å²) in [5, 5.41) is 17.9. The number of aromatic nitrogens is 2. The van der Waals surface area contributed by atoms with Crippen molar-refractivity contribution in [1.82, 2.24) is 9.97 Å². The Labute approximate surface area is 84.7 Å². The molecule has 76 valence electrons. The predicted octanol–water partition coefficient (Wildman–Crippen LogP) is 1.37. The molecule has 5 heteroatoms. The van der Waals surface area contributed by atoms with E-state index in [1.807, 2.05) is 0 Å². The molecule has 0 atom stereocenters. The summed E-state index contributed by atoms with van der Waals surface area (Å²) in [6, 6.07) is 2.99. The molecular weight excluding hydrogens is 196 g/mol. The van der Waals surface area contributed by atoms with E-state index in [2.05, 4.69) is 9.97 Å². The maximum atomic E-state index is 10.4. The van der Waals surface area contributed by atoms with E-state index in [0.29, 0.717) is 16.6 Å². The van der Waals surface area contributed by atoms with Gasteiger partial charge >= 0.3 is 5.97 Å². The molecule has 0 saturated carbocycles. The Morgan fingerprint density at radius 3 is 3.00 bits per heavy atom. The number of imidazole rings is 1. The third-order valence-electron chi connectivity index (χ3n) is 1.94. The molecular formula is C10H8N2O3. The molecule has 1 aromatic carbocycles. The first-order valence-corrected chi connectivity index (χ1v) is 4.24. The lowest BCUT2D eigenvalue weighted by Gasteiger charge is -1.97. The van der Waals surface area contributed by atoms with Crippen molar-refractivity contribution in [2.24, 2.45) is 0 Å². The summed E-state index contributed by atoms with van der Waals surface area (Å²) >= 11 is 0. The SMILES string of the molecule is O=C(O)/C=C/c1cc(O)cc2[nH]cnc12. The molecule has 0 spiro atoms. The molecule has 15 heavy (non-hydrogen) atoms. The minimum atomic E-state index is -1.04. The van der Waals surface area contributed by atoms with Gasteiger partial charge in [0.15, 0.2) is 0 Å². The van der Waals surface area contributed by atoms with Crippen molar-refractivity contribution >= 4 is 23.1 Å². The third-order valence-corrected chi connectivity index (χ3v) is 1.94. The van der Waals surface area contributed by atoms with Crippen LogP contribution in [0.2, 0.25) is 0 Å². The fourth-order valence-corrected chi connectivity index (χ4v) is 1.35. The van der Waals surface area contributed by atoms with Crippen molar-refractivity contribution in [2.45, 2.75) is 0 Å². The number of carboxylic acid groups (broad SMARTS) is 1. The number of carbonyl (C=O) groups is 1. The number of nitrogens with one attached hydrogen (secondary N) is 1. The number of hydrogen-bond donors (Lipinski definition) is 3. The van der Waals surface area contributed by atoms with E-state index in [1.54, 1.807) is 0 Å². The Morgan fingerprint density at radius 1 is 1.47 bits per heavy atom. The van der Waals surface area contributed by atoms with Gasteiger partial charge in [-0.25, -0.2) is 9.78 Å². The van der Waals surface area contributed by atoms with Crippen LogP contribution in [0.4, 0.5) is 0 Å². The van der Waals surface area contributed by atoms with Crippen LogP contribution in [-0.2, 0) is 4.79 Å². The second kappa shape index (κ2) is 3.45. The van der Waals surface area contributed by atoms with Gasteiger partial charge in [-0.05, 0) is 12.1 Å². The first-order valence-electron chi connectivity index (χ1n) is 4.24.